The molecule has 4 N–H and O–H groups in total. The Hall–Kier alpha value is -2.39. The molecule has 0 atom stereocenters. The topological polar surface area (TPSA) is 118 Å². The van der Waals surface area contributed by atoms with Crippen LogP contribution >= 0.6 is 11.3 Å². The molecule has 0 fully saturated rings. The van der Waals surface area contributed by atoms with E-state index in [-0.39, 0.29) is 17.0 Å². The summed E-state index contributed by atoms with van der Waals surface area (Å²) in [6.45, 7) is 0. The summed E-state index contributed by atoms with van der Waals surface area (Å²) in [6, 6.07) is 8.56. The van der Waals surface area contributed by atoms with Crippen molar-refractivity contribution in [2.75, 3.05) is 10.5 Å². The largest absolute Gasteiger partial charge is 0.351 e. The van der Waals surface area contributed by atoms with Crippen LogP contribution in [0.15, 0.2) is 41.8 Å². The monoisotopic (exact) mass is 353 g/mol. The smallest absolute Gasteiger partial charge is 0.319 e. The minimum atomic E-state index is -3.54. The molecular weight excluding hydrogens is 338 g/mol. The molecule has 1 aromatic carbocycles. The number of carbonyl (C=O) groups excluding carboxylic acids is 2. The van der Waals surface area contributed by atoms with Crippen molar-refractivity contribution in [1.82, 2.24) is 5.32 Å². The average molecular weight is 353 g/mol. The number of primary amides is 1. The predicted molar refractivity (Wildman–Crippen MR) is 88.9 cm³/mol. The van der Waals surface area contributed by atoms with Crippen LogP contribution in [0.1, 0.15) is 15.2 Å². The Morgan fingerprint density at radius 1 is 1.17 bits per heavy atom. The summed E-state index contributed by atoms with van der Waals surface area (Å²) < 4.78 is 26.6. The molecule has 0 bridgehead atoms. The Balaban J connectivity index is 2.04. The highest BCUT2D eigenvalue weighted by molar-refractivity contribution is 7.92. The molecule has 0 unspecified atom stereocenters. The number of thiophene rings is 1. The highest BCUT2D eigenvalue weighted by atomic mass is 32.2. The molecule has 23 heavy (non-hydrogen) atoms. The van der Waals surface area contributed by atoms with Gasteiger partial charge in [-0.05, 0) is 36.1 Å². The molecule has 0 aliphatic carbocycles. The van der Waals surface area contributed by atoms with E-state index in [9.17, 15) is 18.0 Å². The number of hydrogen-bond donors (Lipinski definition) is 3. The fraction of sp³-hybridized carbons (Fsp3) is 0.143. The van der Waals surface area contributed by atoms with Crippen molar-refractivity contribution in [2.45, 2.75) is 6.42 Å². The lowest BCUT2D eigenvalue weighted by atomic mass is 10.2. The Morgan fingerprint density at radius 2 is 1.96 bits per heavy atom. The second kappa shape index (κ2) is 7.25. The van der Waals surface area contributed by atoms with Gasteiger partial charge in [-0.25, -0.2) is 13.2 Å². The van der Waals surface area contributed by atoms with Gasteiger partial charge in [-0.15, -0.1) is 11.3 Å². The van der Waals surface area contributed by atoms with E-state index >= 15 is 0 Å². The van der Waals surface area contributed by atoms with Crippen molar-refractivity contribution in [1.29, 1.82) is 0 Å². The summed E-state index contributed by atoms with van der Waals surface area (Å²) in [5.41, 5.74) is 5.25. The molecule has 0 spiro atoms. The zero-order valence-electron chi connectivity index (χ0n) is 12.0. The number of nitrogens with two attached hydrogens (primary N) is 1. The molecule has 0 saturated carbocycles. The quantitative estimate of drug-likeness (QED) is 0.730. The normalized spacial score (nSPS) is 11.0. The lowest BCUT2D eigenvalue weighted by molar-refractivity contribution is 0.0966. The number of amides is 3. The minimum Gasteiger partial charge on any atom is -0.351 e. The van der Waals surface area contributed by atoms with Crippen LogP contribution in [0, 0.1) is 0 Å². The Labute approximate surface area is 137 Å². The second-order valence-electron chi connectivity index (χ2n) is 4.65. The Kier molecular flexibility index (Phi) is 5.35. The molecule has 2 rings (SSSR count). The van der Waals surface area contributed by atoms with Crippen LogP contribution in [0.4, 0.5) is 10.5 Å². The van der Waals surface area contributed by atoms with Gasteiger partial charge in [-0.2, -0.15) is 0 Å². The fourth-order valence-corrected chi connectivity index (χ4v) is 3.74. The third-order valence-corrected chi connectivity index (χ3v) is 5.06. The Morgan fingerprint density at radius 3 is 2.61 bits per heavy atom. The number of anilines is 1. The molecule has 2 aromatic rings. The number of imide groups is 1. The van der Waals surface area contributed by atoms with Crippen molar-refractivity contribution < 1.29 is 18.0 Å². The van der Waals surface area contributed by atoms with Crippen LogP contribution in [0.25, 0.3) is 0 Å². The van der Waals surface area contributed by atoms with E-state index < -0.39 is 22.0 Å². The van der Waals surface area contributed by atoms with E-state index in [0.29, 0.717) is 6.42 Å². The number of aryl methyl sites for hydroxylation is 1. The summed E-state index contributed by atoms with van der Waals surface area (Å²) in [4.78, 5) is 23.3. The number of nitrogens with one attached hydrogen (secondary N) is 2. The molecule has 0 radical (unpaired) electrons. The van der Waals surface area contributed by atoms with E-state index in [4.69, 9.17) is 5.73 Å². The molecule has 1 aromatic heterocycles. The molecule has 9 heteroatoms. The van der Waals surface area contributed by atoms with Crippen LogP contribution < -0.4 is 15.8 Å². The number of sulfonamides is 1. The summed E-state index contributed by atoms with van der Waals surface area (Å²) in [5.74, 6) is -0.761. The first-order valence-electron chi connectivity index (χ1n) is 6.59. The number of hydrogen-bond acceptors (Lipinski definition) is 5. The van der Waals surface area contributed by atoms with E-state index in [1.54, 1.807) is 0 Å². The molecule has 0 aliphatic heterocycles. The van der Waals surface area contributed by atoms with Gasteiger partial charge in [-0.3, -0.25) is 14.8 Å². The zero-order chi connectivity index (χ0) is 16.9. The van der Waals surface area contributed by atoms with Gasteiger partial charge < -0.3 is 5.73 Å². The predicted octanol–water partition coefficient (Wildman–Crippen LogP) is 1.54. The summed E-state index contributed by atoms with van der Waals surface area (Å²) in [6.07, 6.45) is 0.412. The number of rotatable bonds is 6. The van der Waals surface area contributed by atoms with Crippen molar-refractivity contribution in [3.8, 4) is 0 Å². The lowest BCUT2D eigenvalue weighted by Gasteiger charge is -2.09. The fourth-order valence-electron chi connectivity index (χ4n) is 1.83. The molecule has 122 valence electrons. The Bertz CT molecular complexity index is 801. The van der Waals surface area contributed by atoms with Crippen LogP contribution in [0.5, 0.6) is 0 Å². The lowest BCUT2D eigenvalue weighted by Crippen LogP contribution is -2.34. The van der Waals surface area contributed by atoms with Crippen molar-refractivity contribution in [3.63, 3.8) is 0 Å². The van der Waals surface area contributed by atoms with Crippen LogP contribution in [0.3, 0.4) is 0 Å². The van der Waals surface area contributed by atoms with Gasteiger partial charge >= 0.3 is 6.03 Å². The maximum absolute atomic E-state index is 12.1. The molecule has 1 heterocycles. The van der Waals surface area contributed by atoms with Gasteiger partial charge in [0.15, 0.2) is 0 Å². The third kappa shape index (κ3) is 5.38. The summed E-state index contributed by atoms with van der Waals surface area (Å²) >= 11 is 1.49. The molecular formula is C14H15N3O4S2. The summed E-state index contributed by atoms with van der Waals surface area (Å²) in [7, 11) is -3.54. The highest BCUT2D eigenvalue weighted by Crippen LogP contribution is 2.15. The SMILES string of the molecule is NC(=O)NC(=O)c1cccc(NS(=O)(=O)CCc2cccs2)c1. The first-order chi connectivity index (χ1) is 10.9. The van der Waals surface area contributed by atoms with Crippen LogP contribution in [0.2, 0.25) is 0 Å². The number of urea groups is 1. The van der Waals surface area contributed by atoms with Crippen LogP contribution in [-0.2, 0) is 16.4 Å². The molecule has 7 nitrogen and oxygen atoms in total. The van der Waals surface area contributed by atoms with Gasteiger partial charge in [0.25, 0.3) is 5.91 Å². The molecule has 0 saturated heterocycles. The maximum atomic E-state index is 12.1. The van der Waals surface area contributed by atoms with Gasteiger partial charge in [-0.1, -0.05) is 12.1 Å². The van der Waals surface area contributed by atoms with Gasteiger partial charge in [0.1, 0.15) is 0 Å². The van der Waals surface area contributed by atoms with E-state index in [1.165, 1.54) is 35.6 Å². The van der Waals surface area contributed by atoms with Gasteiger partial charge in [0.05, 0.1) is 5.75 Å². The average Bonchev–Trinajstić information content (AvgIpc) is 2.98. The van der Waals surface area contributed by atoms with Crippen molar-refractivity contribution in [2.24, 2.45) is 5.73 Å². The first-order valence-corrected chi connectivity index (χ1v) is 9.13. The third-order valence-electron chi connectivity index (χ3n) is 2.83. The minimum absolute atomic E-state index is 0.0643. The number of carbonyl (C=O) groups is 2. The van der Waals surface area contributed by atoms with E-state index in [1.807, 2.05) is 22.8 Å². The summed E-state index contributed by atoms with van der Waals surface area (Å²) in [5, 5.41) is 3.80. The highest BCUT2D eigenvalue weighted by Gasteiger charge is 2.13. The van der Waals surface area contributed by atoms with Gasteiger partial charge in [0.2, 0.25) is 10.0 Å². The molecule has 3 amide bonds. The van der Waals surface area contributed by atoms with E-state index in [2.05, 4.69) is 4.72 Å². The maximum Gasteiger partial charge on any atom is 0.319 e. The van der Waals surface area contributed by atoms with Crippen LogP contribution in [-0.4, -0.2) is 26.1 Å². The van der Waals surface area contributed by atoms with E-state index in [0.717, 1.165) is 4.88 Å². The molecule has 0 aliphatic rings. The first kappa shape index (κ1) is 17.0. The number of benzene rings is 1. The standard InChI is InChI=1S/C14H15N3O4S2/c15-14(19)16-13(18)10-3-1-4-11(9-10)17-23(20,21)8-6-12-5-2-7-22-12/h1-5,7,9,17H,6,8H2,(H3,15,16,18,19). The van der Waals surface area contributed by atoms with Crippen molar-refractivity contribution in [3.05, 3.63) is 52.2 Å². The second-order valence-corrected chi connectivity index (χ2v) is 7.52. The van der Waals surface area contributed by atoms with Crippen molar-refractivity contribution >= 4 is 39.0 Å². The van der Waals surface area contributed by atoms with Gasteiger partial charge in [0, 0.05) is 16.1 Å². The zero-order valence-corrected chi connectivity index (χ0v) is 13.6.